The molecule has 196 valence electrons. The van der Waals surface area contributed by atoms with E-state index in [9.17, 15) is 13.2 Å². The third-order valence-corrected chi connectivity index (χ3v) is 8.16. The first-order chi connectivity index (χ1) is 17.9. The maximum Gasteiger partial charge on any atom is 0.411 e. The summed E-state index contributed by atoms with van der Waals surface area (Å²) in [6.07, 6.45) is -0.667. The quantitative estimate of drug-likeness (QED) is 0.436. The third-order valence-electron chi connectivity index (χ3n) is 6.27. The standard InChI is InChI=1S/C28H33N3O5S/c1-3-35-26-16-15-24(21-25(26)29-28(32)36-4-2)37(33,34)31-19-17-30(18-20-31)27(22-11-7-5-8-12-22)23-13-9-6-10-14-23/h5-16,21,27H,3-4,17-20H2,1-2H3,(H,29,32). The molecule has 4 rings (SSSR count). The van der Waals surface area contributed by atoms with Gasteiger partial charge in [-0.25, -0.2) is 13.2 Å². The van der Waals surface area contributed by atoms with Crippen LogP contribution in [0.25, 0.3) is 0 Å². The van der Waals surface area contributed by atoms with Crippen molar-refractivity contribution in [2.75, 3.05) is 44.7 Å². The van der Waals surface area contributed by atoms with Crippen molar-refractivity contribution in [1.29, 1.82) is 0 Å². The summed E-state index contributed by atoms with van der Waals surface area (Å²) in [5.41, 5.74) is 2.60. The van der Waals surface area contributed by atoms with Gasteiger partial charge in [0.1, 0.15) is 5.75 Å². The van der Waals surface area contributed by atoms with Crippen molar-refractivity contribution in [3.8, 4) is 5.75 Å². The van der Waals surface area contributed by atoms with E-state index < -0.39 is 16.1 Å². The Balaban J connectivity index is 1.54. The van der Waals surface area contributed by atoms with E-state index in [0.717, 1.165) is 0 Å². The Bertz CT molecular complexity index is 1240. The Morgan fingerprint density at radius 3 is 2.00 bits per heavy atom. The van der Waals surface area contributed by atoms with E-state index in [1.165, 1.54) is 27.6 Å². The van der Waals surface area contributed by atoms with Gasteiger partial charge >= 0.3 is 6.09 Å². The number of carbonyl (C=O) groups is 1. The topological polar surface area (TPSA) is 88.2 Å². The number of hydrogen-bond donors (Lipinski definition) is 1. The highest BCUT2D eigenvalue weighted by Crippen LogP contribution is 2.32. The van der Waals surface area contributed by atoms with Gasteiger partial charge in [-0.3, -0.25) is 10.2 Å². The fourth-order valence-corrected chi connectivity index (χ4v) is 6.01. The van der Waals surface area contributed by atoms with E-state index in [2.05, 4.69) is 34.5 Å². The minimum atomic E-state index is -3.78. The van der Waals surface area contributed by atoms with Crippen LogP contribution in [0.5, 0.6) is 5.75 Å². The number of ether oxygens (including phenoxy) is 2. The predicted octanol–water partition coefficient (Wildman–Crippen LogP) is 4.75. The molecule has 9 heteroatoms. The van der Waals surface area contributed by atoms with Crippen LogP contribution < -0.4 is 10.1 Å². The summed E-state index contributed by atoms with van der Waals surface area (Å²) in [4.78, 5) is 14.4. The number of rotatable bonds is 9. The van der Waals surface area contributed by atoms with Crippen molar-refractivity contribution >= 4 is 21.8 Å². The van der Waals surface area contributed by atoms with Gasteiger partial charge in [0.05, 0.1) is 29.8 Å². The number of nitrogens with zero attached hydrogens (tertiary/aromatic N) is 2. The van der Waals surface area contributed by atoms with E-state index in [1.54, 1.807) is 13.0 Å². The number of anilines is 1. The molecule has 0 saturated carbocycles. The molecule has 1 aliphatic heterocycles. The van der Waals surface area contributed by atoms with Gasteiger partial charge in [-0.1, -0.05) is 60.7 Å². The van der Waals surface area contributed by atoms with Gasteiger partial charge in [-0.05, 0) is 43.2 Å². The van der Waals surface area contributed by atoms with Crippen LogP contribution in [0.4, 0.5) is 10.5 Å². The van der Waals surface area contributed by atoms with Gasteiger partial charge in [0.15, 0.2) is 0 Å². The molecule has 1 saturated heterocycles. The number of hydrogen-bond acceptors (Lipinski definition) is 6. The summed E-state index contributed by atoms with van der Waals surface area (Å²) < 4.78 is 39.1. The van der Waals surface area contributed by atoms with Crippen LogP contribution in [-0.2, 0) is 14.8 Å². The van der Waals surface area contributed by atoms with E-state index in [1.807, 2.05) is 43.3 Å². The first-order valence-electron chi connectivity index (χ1n) is 12.5. The lowest BCUT2D eigenvalue weighted by Crippen LogP contribution is -2.49. The molecule has 1 fully saturated rings. The predicted molar refractivity (Wildman–Crippen MR) is 143 cm³/mol. The van der Waals surface area contributed by atoms with E-state index >= 15 is 0 Å². The van der Waals surface area contributed by atoms with Crippen LogP contribution in [0.2, 0.25) is 0 Å². The zero-order valence-electron chi connectivity index (χ0n) is 21.2. The van der Waals surface area contributed by atoms with Gasteiger partial charge in [0.2, 0.25) is 10.0 Å². The molecule has 1 N–H and O–H groups in total. The molecule has 0 aliphatic carbocycles. The fourth-order valence-electron chi connectivity index (χ4n) is 4.56. The van der Waals surface area contributed by atoms with Crippen LogP contribution in [0, 0.1) is 0 Å². The van der Waals surface area contributed by atoms with Crippen LogP contribution >= 0.6 is 0 Å². The summed E-state index contributed by atoms with van der Waals surface area (Å²) in [6.45, 7) is 5.96. The maximum atomic E-state index is 13.6. The van der Waals surface area contributed by atoms with Crippen molar-refractivity contribution in [1.82, 2.24) is 9.21 Å². The highest BCUT2D eigenvalue weighted by Gasteiger charge is 2.32. The molecule has 1 amide bonds. The highest BCUT2D eigenvalue weighted by atomic mass is 32.2. The second-order valence-electron chi connectivity index (χ2n) is 8.60. The lowest BCUT2D eigenvalue weighted by molar-refractivity contribution is 0.156. The molecular formula is C28H33N3O5S. The zero-order chi connectivity index (χ0) is 26.3. The fraction of sp³-hybridized carbons (Fsp3) is 0.321. The molecular weight excluding hydrogens is 490 g/mol. The number of nitrogens with one attached hydrogen (secondary N) is 1. The van der Waals surface area contributed by atoms with Crippen LogP contribution in [0.15, 0.2) is 83.8 Å². The Hall–Kier alpha value is -3.40. The van der Waals surface area contributed by atoms with Crippen LogP contribution in [0.1, 0.15) is 31.0 Å². The molecule has 37 heavy (non-hydrogen) atoms. The Labute approximate surface area is 218 Å². The van der Waals surface area contributed by atoms with Crippen molar-refractivity contribution < 1.29 is 22.7 Å². The Kier molecular flexibility index (Phi) is 8.81. The average Bonchev–Trinajstić information content (AvgIpc) is 2.91. The molecule has 3 aromatic carbocycles. The van der Waals surface area contributed by atoms with Gasteiger partial charge < -0.3 is 9.47 Å². The number of carbonyl (C=O) groups excluding carboxylic acids is 1. The molecule has 0 bridgehead atoms. The summed E-state index contributed by atoms with van der Waals surface area (Å²) in [6, 6.07) is 25.1. The average molecular weight is 524 g/mol. The lowest BCUT2D eigenvalue weighted by Gasteiger charge is -2.39. The summed E-state index contributed by atoms with van der Waals surface area (Å²) in [5.74, 6) is 0.382. The summed E-state index contributed by atoms with van der Waals surface area (Å²) >= 11 is 0. The lowest BCUT2D eigenvalue weighted by atomic mass is 9.96. The maximum absolute atomic E-state index is 13.6. The van der Waals surface area contributed by atoms with E-state index in [4.69, 9.17) is 9.47 Å². The van der Waals surface area contributed by atoms with Crippen molar-refractivity contribution in [3.63, 3.8) is 0 Å². The molecule has 1 heterocycles. The molecule has 0 unspecified atom stereocenters. The summed E-state index contributed by atoms with van der Waals surface area (Å²) in [5, 5.41) is 2.59. The SMILES string of the molecule is CCOC(=O)Nc1cc(S(=O)(=O)N2CCN(C(c3ccccc3)c3ccccc3)CC2)ccc1OCC. The van der Waals surface area contributed by atoms with Crippen molar-refractivity contribution in [3.05, 3.63) is 90.0 Å². The van der Waals surface area contributed by atoms with Crippen molar-refractivity contribution in [2.24, 2.45) is 0 Å². The molecule has 8 nitrogen and oxygen atoms in total. The Morgan fingerprint density at radius 1 is 0.865 bits per heavy atom. The molecule has 0 aromatic heterocycles. The largest absolute Gasteiger partial charge is 0.492 e. The number of benzene rings is 3. The number of piperazine rings is 1. The van der Waals surface area contributed by atoms with Gasteiger partial charge in [-0.15, -0.1) is 0 Å². The smallest absolute Gasteiger partial charge is 0.411 e. The molecule has 3 aromatic rings. The first-order valence-corrected chi connectivity index (χ1v) is 13.9. The molecule has 1 aliphatic rings. The van der Waals surface area contributed by atoms with Gasteiger partial charge in [0.25, 0.3) is 0 Å². The van der Waals surface area contributed by atoms with Crippen LogP contribution in [0.3, 0.4) is 0 Å². The zero-order valence-corrected chi connectivity index (χ0v) is 22.0. The normalized spacial score (nSPS) is 14.9. The third kappa shape index (κ3) is 6.30. The molecule has 0 spiro atoms. The number of sulfonamides is 1. The Morgan fingerprint density at radius 2 is 1.46 bits per heavy atom. The molecule has 0 radical (unpaired) electrons. The van der Waals surface area contributed by atoms with Gasteiger partial charge in [-0.2, -0.15) is 4.31 Å². The molecule has 0 atom stereocenters. The second-order valence-corrected chi connectivity index (χ2v) is 10.5. The van der Waals surface area contributed by atoms with Crippen LogP contribution in [-0.4, -0.2) is 63.1 Å². The highest BCUT2D eigenvalue weighted by molar-refractivity contribution is 7.89. The minimum Gasteiger partial charge on any atom is -0.492 e. The van der Waals surface area contributed by atoms with Crippen molar-refractivity contribution in [2.45, 2.75) is 24.8 Å². The number of amides is 1. The minimum absolute atomic E-state index is 0.0399. The van der Waals surface area contributed by atoms with E-state index in [-0.39, 0.29) is 23.2 Å². The summed E-state index contributed by atoms with van der Waals surface area (Å²) in [7, 11) is -3.78. The monoisotopic (exact) mass is 523 g/mol. The first kappa shape index (κ1) is 26.7. The van der Waals surface area contributed by atoms with Gasteiger partial charge in [0, 0.05) is 26.2 Å². The second kappa shape index (κ2) is 12.2. The van der Waals surface area contributed by atoms with E-state index in [0.29, 0.717) is 38.5 Å².